The van der Waals surface area contributed by atoms with E-state index in [4.69, 9.17) is 16.3 Å². The molecule has 2 aromatic rings. The van der Waals surface area contributed by atoms with Crippen LogP contribution in [0.3, 0.4) is 0 Å². The second-order valence-electron chi connectivity index (χ2n) is 7.25. The predicted octanol–water partition coefficient (Wildman–Crippen LogP) is 4.42. The van der Waals surface area contributed by atoms with Crippen molar-refractivity contribution in [2.45, 2.75) is 25.7 Å². The van der Waals surface area contributed by atoms with Crippen molar-refractivity contribution in [3.63, 3.8) is 0 Å². The molecule has 1 aliphatic heterocycles. The number of fused-ring (bicyclic) bond motifs is 1. The van der Waals surface area contributed by atoms with Gasteiger partial charge in [0.1, 0.15) is 5.75 Å². The summed E-state index contributed by atoms with van der Waals surface area (Å²) >= 11 is 5.98. The summed E-state index contributed by atoms with van der Waals surface area (Å²) in [5.41, 5.74) is 4.21. The van der Waals surface area contributed by atoms with Crippen LogP contribution in [-0.2, 0) is 12.8 Å². The molecule has 0 atom stereocenters. The minimum atomic E-state index is 0.802. The minimum Gasteiger partial charge on any atom is -0.493 e. The number of hydrogen-bond acceptors (Lipinski definition) is 3. The Balaban J connectivity index is 1.19. The number of aryl methyl sites for hydroxylation is 1. The molecule has 0 spiro atoms. The fourth-order valence-electron chi connectivity index (χ4n) is 4.07. The number of anilines is 1. The van der Waals surface area contributed by atoms with E-state index in [1.54, 1.807) is 0 Å². The zero-order valence-electron chi connectivity index (χ0n) is 15.3. The van der Waals surface area contributed by atoms with E-state index in [-0.39, 0.29) is 0 Å². The van der Waals surface area contributed by atoms with E-state index < -0.39 is 0 Å². The molecular formula is C22H27ClN2O. The Morgan fingerprint density at radius 1 is 0.923 bits per heavy atom. The van der Waals surface area contributed by atoms with E-state index in [1.807, 2.05) is 12.1 Å². The fourth-order valence-corrected chi connectivity index (χ4v) is 4.20. The summed E-state index contributed by atoms with van der Waals surface area (Å²) in [6.45, 7) is 6.31. The van der Waals surface area contributed by atoms with Gasteiger partial charge in [0.05, 0.1) is 6.61 Å². The summed E-state index contributed by atoms with van der Waals surface area (Å²) in [5, 5.41) is 0.802. The van der Waals surface area contributed by atoms with Gasteiger partial charge in [-0.05, 0) is 67.1 Å². The quantitative estimate of drug-likeness (QED) is 0.700. The largest absolute Gasteiger partial charge is 0.493 e. The zero-order valence-corrected chi connectivity index (χ0v) is 16.0. The molecule has 138 valence electrons. The van der Waals surface area contributed by atoms with Gasteiger partial charge < -0.3 is 9.64 Å². The van der Waals surface area contributed by atoms with Crippen LogP contribution in [0.2, 0.25) is 5.02 Å². The first kappa shape index (κ1) is 17.7. The highest BCUT2D eigenvalue weighted by Gasteiger charge is 2.17. The van der Waals surface area contributed by atoms with Gasteiger partial charge in [0, 0.05) is 43.4 Å². The molecule has 1 fully saturated rings. The molecule has 0 unspecified atom stereocenters. The fraction of sp³-hybridized carbons (Fsp3) is 0.455. The third kappa shape index (κ3) is 4.16. The summed E-state index contributed by atoms with van der Waals surface area (Å²) in [5.74, 6) is 1.12. The van der Waals surface area contributed by atoms with Crippen molar-refractivity contribution in [2.24, 2.45) is 0 Å². The van der Waals surface area contributed by atoms with Crippen molar-refractivity contribution in [3.05, 3.63) is 58.6 Å². The highest BCUT2D eigenvalue weighted by atomic mass is 35.5. The average molecular weight is 371 g/mol. The van der Waals surface area contributed by atoms with Gasteiger partial charge in [-0.25, -0.2) is 0 Å². The maximum absolute atomic E-state index is 6.09. The van der Waals surface area contributed by atoms with E-state index in [1.165, 1.54) is 36.1 Å². The standard InChI is InChI=1S/C22H27ClN2O/c23-19-8-10-20(11-9-19)25-15-13-24(14-16-25)12-3-17-26-22-7-2-5-18-4-1-6-21(18)22/h2,5,7-11H,1,3-4,6,12-17H2. The number of ether oxygens (including phenoxy) is 1. The Morgan fingerprint density at radius 3 is 2.54 bits per heavy atom. The second kappa shape index (κ2) is 8.32. The van der Waals surface area contributed by atoms with Gasteiger partial charge in [0.2, 0.25) is 0 Å². The van der Waals surface area contributed by atoms with Crippen LogP contribution in [0.4, 0.5) is 5.69 Å². The van der Waals surface area contributed by atoms with Crippen molar-refractivity contribution in [1.29, 1.82) is 0 Å². The van der Waals surface area contributed by atoms with Gasteiger partial charge in [0.15, 0.2) is 0 Å². The molecule has 26 heavy (non-hydrogen) atoms. The normalized spacial score (nSPS) is 17.3. The highest BCUT2D eigenvalue weighted by Crippen LogP contribution is 2.30. The van der Waals surface area contributed by atoms with Crippen LogP contribution in [0.5, 0.6) is 5.75 Å². The Bertz CT molecular complexity index is 723. The Hall–Kier alpha value is -1.71. The lowest BCUT2D eigenvalue weighted by Gasteiger charge is -2.36. The third-order valence-corrected chi connectivity index (χ3v) is 5.80. The molecule has 0 radical (unpaired) electrons. The molecule has 0 amide bonds. The third-order valence-electron chi connectivity index (χ3n) is 5.54. The summed E-state index contributed by atoms with van der Waals surface area (Å²) in [7, 11) is 0. The maximum Gasteiger partial charge on any atom is 0.122 e. The van der Waals surface area contributed by atoms with Crippen LogP contribution in [-0.4, -0.2) is 44.2 Å². The summed E-state index contributed by atoms with van der Waals surface area (Å²) < 4.78 is 6.09. The molecule has 3 nitrogen and oxygen atoms in total. The van der Waals surface area contributed by atoms with Crippen molar-refractivity contribution < 1.29 is 4.74 Å². The monoisotopic (exact) mass is 370 g/mol. The SMILES string of the molecule is Clc1ccc(N2CCN(CCCOc3cccc4c3CCC4)CC2)cc1. The first-order chi connectivity index (χ1) is 12.8. The summed E-state index contributed by atoms with van der Waals surface area (Å²) in [6.07, 6.45) is 4.75. The summed E-state index contributed by atoms with van der Waals surface area (Å²) in [6, 6.07) is 14.7. The zero-order chi connectivity index (χ0) is 17.8. The van der Waals surface area contributed by atoms with E-state index in [0.717, 1.165) is 56.5 Å². The Labute approximate surface area is 161 Å². The Morgan fingerprint density at radius 2 is 1.73 bits per heavy atom. The number of rotatable bonds is 6. The van der Waals surface area contributed by atoms with Gasteiger partial charge in [-0.1, -0.05) is 23.7 Å². The van der Waals surface area contributed by atoms with Crippen LogP contribution in [0, 0.1) is 0 Å². The van der Waals surface area contributed by atoms with Gasteiger partial charge in [0.25, 0.3) is 0 Å². The maximum atomic E-state index is 6.09. The molecule has 1 heterocycles. The molecular weight excluding hydrogens is 344 g/mol. The lowest BCUT2D eigenvalue weighted by atomic mass is 10.1. The van der Waals surface area contributed by atoms with E-state index in [9.17, 15) is 0 Å². The Kier molecular flexibility index (Phi) is 5.66. The molecule has 4 heteroatoms. The topological polar surface area (TPSA) is 15.7 Å². The highest BCUT2D eigenvalue weighted by molar-refractivity contribution is 6.30. The van der Waals surface area contributed by atoms with Crippen LogP contribution < -0.4 is 9.64 Å². The van der Waals surface area contributed by atoms with Crippen LogP contribution in [0.15, 0.2) is 42.5 Å². The lowest BCUT2D eigenvalue weighted by Crippen LogP contribution is -2.46. The first-order valence-electron chi connectivity index (χ1n) is 9.76. The van der Waals surface area contributed by atoms with Crippen LogP contribution in [0.1, 0.15) is 24.0 Å². The van der Waals surface area contributed by atoms with Gasteiger partial charge in [-0.2, -0.15) is 0 Å². The smallest absolute Gasteiger partial charge is 0.122 e. The van der Waals surface area contributed by atoms with E-state index >= 15 is 0 Å². The predicted molar refractivity (Wildman–Crippen MR) is 109 cm³/mol. The first-order valence-corrected chi connectivity index (χ1v) is 10.1. The number of benzene rings is 2. The van der Waals surface area contributed by atoms with Crippen LogP contribution in [0.25, 0.3) is 0 Å². The van der Waals surface area contributed by atoms with Crippen molar-refractivity contribution >= 4 is 17.3 Å². The molecule has 1 aliphatic carbocycles. The molecule has 2 aromatic carbocycles. The van der Waals surface area contributed by atoms with E-state index in [2.05, 4.69) is 40.1 Å². The number of hydrogen-bond donors (Lipinski definition) is 0. The van der Waals surface area contributed by atoms with E-state index in [0.29, 0.717) is 0 Å². The molecule has 0 bridgehead atoms. The minimum absolute atomic E-state index is 0.802. The summed E-state index contributed by atoms with van der Waals surface area (Å²) in [4.78, 5) is 4.99. The van der Waals surface area contributed by atoms with Gasteiger partial charge in [-0.3, -0.25) is 4.90 Å². The van der Waals surface area contributed by atoms with Crippen molar-refractivity contribution in [2.75, 3.05) is 44.2 Å². The second-order valence-corrected chi connectivity index (χ2v) is 7.69. The molecule has 0 aromatic heterocycles. The van der Waals surface area contributed by atoms with Gasteiger partial charge >= 0.3 is 0 Å². The molecule has 2 aliphatic rings. The number of piperazine rings is 1. The van der Waals surface area contributed by atoms with Crippen LogP contribution >= 0.6 is 11.6 Å². The molecule has 4 rings (SSSR count). The lowest BCUT2D eigenvalue weighted by molar-refractivity contribution is 0.224. The van der Waals surface area contributed by atoms with Crippen molar-refractivity contribution in [3.8, 4) is 5.75 Å². The van der Waals surface area contributed by atoms with Gasteiger partial charge in [-0.15, -0.1) is 0 Å². The molecule has 0 saturated carbocycles. The molecule has 1 saturated heterocycles. The van der Waals surface area contributed by atoms with Crippen molar-refractivity contribution in [1.82, 2.24) is 4.90 Å². The molecule has 0 N–H and O–H groups in total. The average Bonchev–Trinajstić information content (AvgIpc) is 3.16. The number of nitrogens with zero attached hydrogens (tertiary/aromatic N) is 2. The number of halogens is 1.